The molecule has 5 nitrogen and oxygen atoms in total. The number of rotatable bonds is 2. The van der Waals surface area contributed by atoms with Gasteiger partial charge in [-0.05, 0) is 15.9 Å². The molecule has 0 radical (unpaired) electrons. The van der Waals surface area contributed by atoms with Crippen LogP contribution in [0.1, 0.15) is 0 Å². The molecule has 7 heteroatoms. The third-order valence-electron chi connectivity index (χ3n) is 2.38. The second-order valence-corrected chi connectivity index (χ2v) is 6.13. The lowest BCUT2D eigenvalue weighted by atomic mass is 10.4. The minimum Gasteiger partial charge on any atom is -0.314 e. The highest BCUT2D eigenvalue weighted by atomic mass is 79.9. The average Bonchev–Trinajstić information content (AvgIpc) is 2.41. The van der Waals surface area contributed by atoms with Crippen LogP contribution in [0.3, 0.4) is 0 Å². The molecule has 0 amide bonds. The van der Waals surface area contributed by atoms with E-state index in [1.54, 1.807) is 0 Å². The molecule has 0 aromatic heterocycles. The summed E-state index contributed by atoms with van der Waals surface area (Å²) in [4.78, 5) is 6.07. The van der Waals surface area contributed by atoms with Gasteiger partial charge in [-0.2, -0.15) is 0 Å². The zero-order chi connectivity index (χ0) is 10.9. The summed E-state index contributed by atoms with van der Waals surface area (Å²) in [5, 5.41) is 4.62. The number of hydrogen-bond donors (Lipinski definition) is 1. The average molecular weight is 294 g/mol. The van der Waals surface area contributed by atoms with E-state index in [9.17, 15) is 8.42 Å². The maximum atomic E-state index is 11.6. The molecule has 1 fully saturated rings. The smallest absolute Gasteiger partial charge is 0.217 e. The molecule has 2 rings (SSSR count). The van der Waals surface area contributed by atoms with Gasteiger partial charge in [-0.1, -0.05) is 0 Å². The Morgan fingerprint density at radius 1 is 1.47 bits per heavy atom. The highest BCUT2D eigenvalue weighted by molar-refractivity contribution is 9.11. The first-order chi connectivity index (χ1) is 7.08. The molecular formula is C8H12BrN3O2S. The van der Waals surface area contributed by atoms with Crippen LogP contribution in [0.25, 0.3) is 0 Å². The van der Waals surface area contributed by atoms with Crippen molar-refractivity contribution in [2.24, 2.45) is 4.99 Å². The van der Waals surface area contributed by atoms with Gasteiger partial charge >= 0.3 is 0 Å². The molecule has 1 N–H and O–H groups in total. The zero-order valence-corrected chi connectivity index (χ0v) is 10.5. The number of nitrogens with one attached hydrogen (secondary N) is 1. The summed E-state index contributed by atoms with van der Waals surface area (Å²) in [6, 6.07) is 0. The molecule has 0 saturated carbocycles. The second kappa shape index (κ2) is 4.32. The normalized spacial score (nSPS) is 26.2. The van der Waals surface area contributed by atoms with Crippen molar-refractivity contribution in [1.82, 2.24) is 10.2 Å². The van der Waals surface area contributed by atoms with Crippen LogP contribution in [0, 0.1) is 0 Å². The van der Waals surface area contributed by atoms with Crippen molar-refractivity contribution in [2.75, 3.05) is 32.7 Å². The fourth-order valence-corrected chi connectivity index (χ4v) is 3.69. The van der Waals surface area contributed by atoms with E-state index < -0.39 is 9.84 Å². The Morgan fingerprint density at radius 2 is 2.13 bits per heavy atom. The van der Waals surface area contributed by atoms with E-state index in [1.165, 1.54) is 0 Å². The molecule has 0 aromatic carbocycles. The van der Waals surface area contributed by atoms with Crippen molar-refractivity contribution < 1.29 is 8.42 Å². The number of aliphatic imine (C=N–C) groups is 1. The minimum atomic E-state index is -3.26. The Kier molecular flexibility index (Phi) is 3.24. The van der Waals surface area contributed by atoms with Crippen LogP contribution in [-0.2, 0) is 9.84 Å². The fourth-order valence-electron chi connectivity index (χ4n) is 1.59. The molecule has 1 saturated heterocycles. The van der Waals surface area contributed by atoms with E-state index in [-0.39, 0.29) is 5.04 Å². The quantitative estimate of drug-likeness (QED) is 0.723. The maximum absolute atomic E-state index is 11.6. The van der Waals surface area contributed by atoms with Crippen molar-refractivity contribution >= 4 is 30.8 Å². The molecule has 0 spiro atoms. The Bertz CT molecular complexity index is 410. The third kappa shape index (κ3) is 2.66. The van der Waals surface area contributed by atoms with Crippen molar-refractivity contribution in [3.63, 3.8) is 0 Å². The lowest BCUT2D eigenvalue weighted by molar-refractivity contribution is 0.273. The molecule has 0 aromatic rings. The molecule has 2 aliphatic heterocycles. The van der Waals surface area contributed by atoms with Crippen LogP contribution in [0.15, 0.2) is 15.0 Å². The molecule has 2 heterocycles. The summed E-state index contributed by atoms with van der Waals surface area (Å²) in [7, 11) is -3.26. The highest BCUT2D eigenvalue weighted by Crippen LogP contribution is 2.20. The predicted octanol–water partition coefficient (Wildman–Crippen LogP) is -0.0877. The highest BCUT2D eigenvalue weighted by Gasteiger charge is 2.26. The molecule has 0 aliphatic carbocycles. The lowest BCUT2D eigenvalue weighted by Crippen LogP contribution is -2.46. The van der Waals surface area contributed by atoms with Gasteiger partial charge < -0.3 is 5.32 Å². The number of sulfone groups is 1. The maximum Gasteiger partial charge on any atom is 0.217 e. The Morgan fingerprint density at radius 3 is 2.67 bits per heavy atom. The van der Waals surface area contributed by atoms with Gasteiger partial charge in [-0.25, -0.2) is 13.4 Å². The van der Waals surface area contributed by atoms with Crippen LogP contribution in [0.5, 0.6) is 0 Å². The first-order valence-electron chi connectivity index (χ1n) is 4.71. The van der Waals surface area contributed by atoms with E-state index in [0.717, 1.165) is 31.6 Å². The van der Waals surface area contributed by atoms with Gasteiger partial charge in [-0.3, -0.25) is 4.90 Å². The van der Waals surface area contributed by atoms with Crippen molar-refractivity contribution in [1.29, 1.82) is 0 Å². The second-order valence-electron chi connectivity index (χ2n) is 3.52. The van der Waals surface area contributed by atoms with Crippen LogP contribution in [0.2, 0.25) is 0 Å². The summed E-state index contributed by atoms with van der Waals surface area (Å²) in [6.45, 7) is 3.96. The largest absolute Gasteiger partial charge is 0.314 e. The summed E-state index contributed by atoms with van der Waals surface area (Å²) < 4.78 is 23.5. The van der Waals surface area contributed by atoms with Gasteiger partial charge in [0.05, 0.1) is 12.0 Å². The van der Waals surface area contributed by atoms with Crippen LogP contribution < -0.4 is 5.32 Å². The molecule has 84 valence electrons. The van der Waals surface area contributed by atoms with Gasteiger partial charge in [0.15, 0.2) is 5.04 Å². The predicted molar refractivity (Wildman–Crippen MR) is 62.7 cm³/mol. The van der Waals surface area contributed by atoms with Gasteiger partial charge in [0, 0.05) is 26.2 Å². The summed E-state index contributed by atoms with van der Waals surface area (Å²) in [6.07, 6.45) is 0. The zero-order valence-electron chi connectivity index (χ0n) is 8.11. The number of hydrogen-bond acceptors (Lipinski definition) is 5. The molecule has 15 heavy (non-hydrogen) atoms. The van der Waals surface area contributed by atoms with Gasteiger partial charge in [0.1, 0.15) is 4.61 Å². The SMILES string of the molecule is O=S1(=O)C=C(Br)N=C1CN1CCNCC1. The van der Waals surface area contributed by atoms with Gasteiger partial charge in [0.25, 0.3) is 0 Å². The Labute approximate surface area is 97.3 Å². The van der Waals surface area contributed by atoms with E-state index in [1.807, 2.05) is 0 Å². The monoisotopic (exact) mass is 293 g/mol. The van der Waals surface area contributed by atoms with E-state index in [4.69, 9.17) is 0 Å². The molecular weight excluding hydrogens is 282 g/mol. The molecule has 0 bridgehead atoms. The number of nitrogens with zero attached hydrogens (tertiary/aromatic N) is 2. The summed E-state index contributed by atoms with van der Waals surface area (Å²) >= 11 is 3.08. The van der Waals surface area contributed by atoms with E-state index in [2.05, 4.69) is 31.1 Å². The first-order valence-corrected chi connectivity index (χ1v) is 7.05. The van der Waals surface area contributed by atoms with Crippen molar-refractivity contribution in [3.8, 4) is 0 Å². The Balaban J connectivity index is 2.04. The topological polar surface area (TPSA) is 61.8 Å². The van der Waals surface area contributed by atoms with Crippen LogP contribution in [-0.4, -0.2) is 51.1 Å². The summed E-state index contributed by atoms with van der Waals surface area (Å²) in [5.74, 6) is 0. The molecule has 0 unspecified atom stereocenters. The molecule has 0 atom stereocenters. The van der Waals surface area contributed by atoms with Crippen molar-refractivity contribution in [3.05, 3.63) is 10.0 Å². The first kappa shape index (κ1) is 11.3. The summed E-state index contributed by atoms with van der Waals surface area (Å²) in [5.41, 5.74) is 0. The van der Waals surface area contributed by atoms with Crippen molar-refractivity contribution in [2.45, 2.75) is 0 Å². The standard InChI is InChI=1S/C8H12BrN3O2S/c9-7-6-15(13,14)8(11-7)5-12-3-1-10-2-4-12/h6,10H,1-5H2. The molecule has 2 aliphatic rings. The van der Waals surface area contributed by atoms with Gasteiger partial charge in [-0.15, -0.1) is 0 Å². The number of piperazine rings is 1. The number of halogens is 1. The van der Waals surface area contributed by atoms with E-state index >= 15 is 0 Å². The van der Waals surface area contributed by atoms with Crippen LogP contribution >= 0.6 is 15.9 Å². The van der Waals surface area contributed by atoms with Gasteiger partial charge in [0.2, 0.25) is 9.84 Å². The van der Waals surface area contributed by atoms with Crippen LogP contribution in [0.4, 0.5) is 0 Å². The fraction of sp³-hybridized carbons (Fsp3) is 0.625. The minimum absolute atomic E-state index is 0.247. The third-order valence-corrected chi connectivity index (χ3v) is 4.50. The Hall–Kier alpha value is -0.240. The lowest BCUT2D eigenvalue weighted by Gasteiger charge is -2.26. The van der Waals surface area contributed by atoms with E-state index in [0.29, 0.717) is 11.2 Å².